The molecule has 0 aliphatic heterocycles. The number of sulfonamides is 1. The largest absolute Gasteiger partial charge is 0.478 e. The fourth-order valence-corrected chi connectivity index (χ4v) is 2.75. The van der Waals surface area contributed by atoms with E-state index in [1.165, 1.54) is 7.05 Å². The van der Waals surface area contributed by atoms with Crippen LogP contribution in [-0.2, 0) is 10.0 Å². The average Bonchev–Trinajstić information content (AvgIpc) is 2.28. The molecule has 0 saturated carbocycles. The third-order valence-corrected chi connectivity index (χ3v) is 4.30. The van der Waals surface area contributed by atoms with Crippen molar-refractivity contribution >= 4 is 16.0 Å². The molecule has 1 N–H and O–H groups in total. The van der Waals surface area contributed by atoms with E-state index in [-0.39, 0.29) is 12.1 Å². The Labute approximate surface area is 105 Å². The highest BCUT2D eigenvalue weighted by molar-refractivity contribution is 7.89. The molecule has 1 aromatic carbocycles. The third-order valence-electron chi connectivity index (χ3n) is 2.41. The Morgan fingerprint density at radius 3 is 2.50 bits per heavy atom. The van der Waals surface area contributed by atoms with Gasteiger partial charge in [0.1, 0.15) is 10.7 Å². The van der Waals surface area contributed by atoms with Crippen molar-refractivity contribution in [3.63, 3.8) is 0 Å². The predicted molar refractivity (Wildman–Crippen MR) is 63.5 cm³/mol. The second-order valence-electron chi connectivity index (χ2n) is 3.78. The van der Waals surface area contributed by atoms with Gasteiger partial charge >= 0.3 is 5.97 Å². The molecule has 0 aliphatic rings. The molecule has 0 aliphatic carbocycles. The van der Waals surface area contributed by atoms with Crippen LogP contribution in [0.1, 0.15) is 23.7 Å². The standard InChI is InChI=1S/C11H14FNO4S/c1-3-6-13(2)18(16,17)10-5-4-8(11(14)15)7-9(10)12/h4-5,7H,3,6H2,1-2H3,(H,14,15). The first kappa shape index (κ1) is 14.6. The Morgan fingerprint density at radius 1 is 1.44 bits per heavy atom. The maximum atomic E-state index is 13.6. The van der Waals surface area contributed by atoms with Crippen molar-refractivity contribution in [3.05, 3.63) is 29.6 Å². The van der Waals surface area contributed by atoms with Gasteiger partial charge in [-0.25, -0.2) is 21.9 Å². The molecule has 0 unspecified atom stereocenters. The summed E-state index contributed by atoms with van der Waals surface area (Å²) in [6, 6.07) is 2.74. The summed E-state index contributed by atoms with van der Waals surface area (Å²) >= 11 is 0. The second-order valence-corrected chi connectivity index (χ2v) is 5.79. The number of aromatic carboxylic acids is 1. The molecule has 0 fully saturated rings. The van der Waals surface area contributed by atoms with Crippen LogP contribution < -0.4 is 0 Å². The summed E-state index contributed by atoms with van der Waals surface area (Å²) in [6.45, 7) is 2.07. The number of rotatable bonds is 5. The van der Waals surface area contributed by atoms with E-state index >= 15 is 0 Å². The van der Waals surface area contributed by atoms with Gasteiger partial charge in [-0.2, -0.15) is 0 Å². The highest BCUT2D eigenvalue weighted by Gasteiger charge is 2.24. The van der Waals surface area contributed by atoms with Crippen LogP contribution in [-0.4, -0.2) is 37.4 Å². The molecule has 1 rings (SSSR count). The summed E-state index contributed by atoms with van der Waals surface area (Å²) in [4.78, 5) is 10.1. The van der Waals surface area contributed by atoms with Gasteiger partial charge in [-0.05, 0) is 24.6 Å². The van der Waals surface area contributed by atoms with Crippen LogP contribution in [0.15, 0.2) is 23.1 Å². The number of carboxylic acids is 1. The lowest BCUT2D eigenvalue weighted by Gasteiger charge is -2.16. The topological polar surface area (TPSA) is 74.7 Å². The Bertz CT molecular complexity index is 556. The Hall–Kier alpha value is -1.47. The van der Waals surface area contributed by atoms with Crippen LogP contribution in [0.2, 0.25) is 0 Å². The summed E-state index contributed by atoms with van der Waals surface area (Å²) in [5.41, 5.74) is -0.287. The molecule has 0 spiro atoms. The van der Waals surface area contributed by atoms with E-state index in [0.717, 1.165) is 16.4 Å². The van der Waals surface area contributed by atoms with Gasteiger partial charge < -0.3 is 5.11 Å². The Kier molecular flexibility index (Phi) is 4.42. The molecule has 0 aromatic heterocycles. The van der Waals surface area contributed by atoms with E-state index in [1.54, 1.807) is 6.92 Å². The highest BCUT2D eigenvalue weighted by Crippen LogP contribution is 2.19. The van der Waals surface area contributed by atoms with Crippen LogP contribution in [0.5, 0.6) is 0 Å². The van der Waals surface area contributed by atoms with Gasteiger partial charge in [0.15, 0.2) is 0 Å². The molecular weight excluding hydrogens is 261 g/mol. The van der Waals surface area contributed by atoms with E-state index in [4.69, 9.17) is 5.11 Å². The number of hydrogen-bond acceptors (Lipinski definition) is 3. The molecule has 7 heteroatoms. The zero-order chi connectivity index (χ0) is 13.9. The van der Waals surface area contributed by atoms with Crippen molar-refractivity contribution in [2.45, 2.75) is 18.2 Å². The lowest BCUT2D eigenvalue weighted by Crippen LogP contribution is -2.28. The van der Waals surface area contributed by atoms with Gasteiger partial charge in [0.2, 0.25) is 10.0 Å². The van der Waals surface area contributed by atoms with Gasteiger partial charge in [-0.15, -0.1) is 0 Å². The molecule has 0 saturated heterocycles. The zero-order valence-electron chi connectivity index (χ0n) is 10.1. The fourth-order valence-electron chi connectivity index (χ4n) is 1.45. The minimum Gasteiger partial charge on any atom is -0.478 e. The molecule has 0 radical (unpaired) electrons. The maximum absolute atomic E-state index is 13.6. The molecule has 0 bridgehead atoms. The van der Waals surface area contributed by atoms with Crippen molar-refractivity contribution in [2.75, 3.05) is 13.6 Å². The average molecular weight is 275 g/mol. The van der Waals surface area contributed by atoms with E-state index in [2.05, 4.69) is 0 Å². The van der Waals surface area contributed by atoms with Crippen molar-refractivity contribution in [2.24, 2.45) is 0 Å². The van der Waals surface area contributed by atoms with Crippen LogP contribution in [0.3, 0.4) is 0 Å². The van der Waals surface area contributed by atoms with Crippen LogP contribution in [0.25, 0.3) is 0 Å². The SMILES string of the molecule is CCCN(C)S(=O)(=O)c1ccc(C(=O)O)cc1F. The van der Waals surface area contributed by atoms with Crippen molar-refractivity contribution in [1.29, 1.82) is 0 Å². The van der Waals surface area contributed by atoms with E-state index in [1.807, 2.05) is 0 Å². The highest BCUT2D eigenvalue weighted by atomic mass is 32.2. The summed E-state index contributed by atoms with van der Waals surface area (Å²) in [5, 5.41) is 8.67. The molecule has 0 atom stereocenters. The normalized spacial score (nSPS) is 11.8. The molecule has 5 nitrogen and oxygen atoms in total. The van der Waals surface area contributed by atoms with Crippen molar-refractivity contribution < 1.29 is 22.7 Å². The summed E-state index contributed by atoms with van der Waals surface area (Å²) < 4.78 is 38.6. The lowest BCUT2D eigenvalue weighted by molar-refractivity contribution is 0.0696. The van der Waals surface area contributed by atoms with Gasteiger partial charge in [0.05, 0.1) is 5.56 Å². The monoisotopic (exact) mass is 275 g/mol. The first-order chi connectivity index (χ1) is 8.30. The number of carboxylic acid groups (broad SMARTS) is 1. The van der Waals surface area contributed by atoms with Gasteiger partial charge in [-0.3, -0.25) is 0 Å². The van der Waals surface area contributed by atoms with Crippen LogP contribution in [0, 0.1) is 5.82 Å². The number of hydrogen-bond donors (Lipinski definition) is 1. The quantitative estimate of drug-likeness (QED) is 0.884. The van der Waals surface area contributed by atoms with E-state index in [0.29, 0.717) is 12.5 Å². The number of carbonyl (C=O) groups is 1. The van der Waals surface area contributed by atoms with Gasteiger partial charge in [0, 0.05) is 13.6 Å². The first-order valence-corrected chi connectivity index (χ1v) is 6.74. The molecular formula is C11H14FNO4S. The molecule has 0 amide bonds. The first-order valence-electron chi connectivity index (χ1n) is 5.30. The Morgan fingerprint density at radius 2 is 2.06 bits per heavy atom. The number of benzene rings is 1. The maximum Gasteiger partial charge on any atom is 0.335 e. The number of nitrogens with zero attached hydrogens (tertiary/aromatic N) is 1. The molecule has 100 valence electrons. The summed E-state index contributed by atoms with van der Waals surface area (Å²) in [6.07, 6.45) is 0.602. The van der Waals surface area contributed by atoms with E-state index in [9.17, 15) is 17.6 Å². The lowest BCUT2D eigenvalue weighted by atomic mass is 10.2. The molecule has 0 heterocycles. The zero-order valence-corrected chi connectivity index (χ0v) is 10.9. The Balaban J connectivity index is 3.22. The van der Waals surface area contributed by atoms with Gasteiger partial charge in [0.25, 0.3) is 0 Å². The minimum atomic E-state index is -3.91. The van der Waals surface area contributed by atoms with Crippen molar-refractivity contribution in [1.82, 2.24) is 4.31 Å². The summed E-state index contributed by atoms with van der Waals surface area (Å²) in [5.74, 6) is -2.36. The molecule has 1 aromatic rings. The number of halogens is 1. The molecule has 18 heavy (non-hydrogen) atoms. The van der Waals surface area contributed by atoms with Gasteiger partial charge in [-0.1, -0.05) is 6.92 Å². The van der Waals surface area contributed by atoms with Crippen LogP contribution in [0.4, 0.5) is 4.39 Å². The fraction of sp³-hybridized carbons (Fsp3) is 0.364. The second kappa shape index (κ2) is 5.45. The smallest absolute Gasteiger partial charge is 0.335 e. The minimum absolute atomic E-state index is 0.266. The van der Waals surface area contributed by atoms with E-state index < -0.39 is 26.7 Å². The summed E-state index contributed by atoms with van der Waals surface area (Å²) in [7, 11) is -2.56. The third kappa shape index (κ3) is 2.85. The van der Waals surface area contributed by atoms with Crippen LogP contribution >= 0.6 is 0 Å². The van der Waals surface area contributed by atoms with Crippen molar-refractivity contribution in [3.8, 4) is 0 Å². The predicted octanol–water partition coefficient (Wildman–Crippen LogP) is 1.55.